The molecule has 1 aromatic rings. The standard InChI is InChI=1S/C11H13NO2/c13-11(14)7-8-1-3-9(4-2-8)10-5-6-12-10/h1-4,10,12H,5-7H2,(H,13,14). The van der Waals surface area contributed by atoms with Crippen molar-refractivity contribution in [3.63, 3.8) is 0 Å². The molecule has 2 rings (SSSR count). The van der Waals surface area contributed by atoms with Crippen LogP contribution < -0.4 is 5.32 Å². The molecule has 1 aromatic carbocycles. The molecule has 74 valence electrons. The van der Waals surface area contributed by atoms with Crippen LogP contribution in [0.3, 0.4) is 0 Å². The molecular formula is C11H13NO2. The molecule has 1 heterocycles. The average Bonchev–Trinajstić information content (AvgIpc) is 2.04. The van der Waals surface area contributed by atoms with Gasteiger partial charge in [0.15, 0.2) is 0 Å². The number of nitrogens with one attached hydrogen (secondary N) is 1. The van der Waals surface area contributed by atoms with Crippen molar-refractivity contribution in [3.05, 3.63) is 35.4 Å². The second-order valence-corrected chi connectivity index (χ2v) is 3.61. The van der Waals surface area contributed by atoms with Crippen LogP contribution >= 0.6 is 0 Å². The van der Waals surface area contributed by atoms with Crippen LogP contribution in [-0.4, -0.2) is 17.6 Å². The Bertz CT molecular complexity index is 328. The number of aliphatic carboxylic acids is 1. The molecule has 0 aliphatic carbocycles. The fraction of sp³-hybridized carbons (Fsp3) is 0.364. The number of rotatable bonds is 3. The van der Waals surface area contributed by atoms with Crippen LogP contribution in [0.4, 0.5) is 0 Å². The Morgan fingerprint density at radius 3 is 2.50 bits per heavy atom. The predicted molar refractivity (Wildman–Crippen MR) is 53.1 cm³/mol. The third kappa shape index (κ3) is 1.93. The van der Waals surface area contributed by atoms with Gasteiger partial charge < -0.3 is 10.4 Å². The summed E-state index contributed by atoms with van der Waals surface area (Å²) in [5.41, 5.74) is 2.12. The Balaban J connectivity index is 2.05. The van der Waals surface area contributed by atoms with Crippen LogP contribution in [0.1, 0.15) is 23.6 Å². The first-order chi connectivity index (χ1) is 6.75. The van der Waals surface area contributed by atoms with Crippen molar-refractivity contribution >= 4 is 5.97 Å². The van der Waals surface area contributed by atoms with Gasteiger partial charge in [-0.05, 0) is 24.1 Å². The summed E-state index contributed by atoms with van der Waals surface area (Å²) in [5.74, 6) is -0.778. The quantitative estimate of drug-likeness (QED) is 0.758. The lowest BCUT2D eigenvalue weighted by atomic mass is 9.97. The molecule has 1 aliphatic heterocycles. The van der Waals surface area contributed by atoms with E-state index in [-0.39, 0.29) is 6.42 Å². The predicted octanol–water partition coefficient (Wildman–Crippen LogP) is 1.35. The topological polar surface area (TPSA) is 49.3 Å². The van der Waals surface area contributed by atoms with Gasteiger partial charge in [-0.15, -0.1) is 0 Å². The van der Waals surface area contributed by atoms with Crippen molar-refractivity contribution in [3.8, 4) is 0 Å². The Labute approximate surface area is 82.8 Å². The largest absolute Gasteiger partial charge is 0.481 e. The van der Waals surface area contributed by atoms with Gasteiger partial charge in [0.05, 0.1) is 6.42 Å². The van der Waals surface area contributed by atoms with Crippen molar-refractivity contribution in [2.24, 2.45) is 0 Å². The molecular weight excluding hydrogens is 178 g/mol. The van der Waals surface area contributed by atoms with E-state index in [0.29, 0.717) is 6.04 Å². The maximum atomic E-state index is 10.4. The van der Waals surface area contributed by atoms with Crippen LogP contribution in [0, 0.1) is 0 Å². The highest BCUT2D eigenvalue weighted by Crippen LogP contribution is 2.22. The summed E-state index contributed by atoms with van der Waals surface area (Å²) in [4.78, 5) is 10.4. The van der Waals surface area contributed by atoms with E-state index >= 15 is 0 Å². The van der Waals surface area contributed by atoms with Crippen LogP contribution in [0.2, 0.25) is 0 Å². The molecule has 3 nitrogen and oxygen atoms in total. The second kappa shape index (κ2) is 3.80. The number of hydrogen-bond donors (Lipinski definition) is 2. The van der Waals surface area contributed by atoms with Crippen molar-refractivity contribution in [2.45, 2.75) is 18.9 Å². The van der Waals surface area contributed by atoms with E-state index < -0.39 is 5.97 Å². The van der Waals surface area contributed by atoms with Crippen LogP contribution in [0.15, 0.2) is 24.3 Å². The molecule has 0 spiro atoms. The fourth-order valence-electron chi connectivity index (χ4n) is 1.62. The first-order valence-electron chi connectivity index (χ1n) is 4.80. The van der Waals surface area contributed by atoms with Crippen molar-refractivity contribution in [2.75, 3.05) is 6.54 Å². The number of benzene rings is 1. The monoisotopic (exact) mass is 191 g/mol. The zero-order valence-electron chi connectivity index (χ0n) is 7.86. The minimum atomic E-state index is -0.778. The molecule has 1 unspecified atom stereocenters. The summed E-state index contributed by atoms with van der Waals surface area (Å²) in [6, 6.07) is 8.28. The molecule has 1 saturated heterocycles. The number of carboxylic acids is 1. The van der Waals surface area contributed by atoms with Gasteiger partial charge in [0.1, 0.15) is 0 Å². The van der Waals surface area contributed by atoms with E-state index in [9.17, 15) is 4.79 Å². The Kier molecular flexibility index (Phi) is 2.50. The van der Waals surface area contributed by atoms with Gasteiger partial charge in [-0.1, -0.05) is 24.3 Å². The third-order valence-corrected chi connectivity index (χ3v) is 2.56. The second-order valence-electron chi connectivity index (χ2n) is 3.61. The van der Waals surface area contributed by atoms with Gasteiger partial charge in [0.2, 0.25) is 0 Å². The Morgan fingerprint density at radius 2 is 2.07 bits per heavy atom. The number of hydrogen-bond acceptors (Lipinski definition) is 2. The van der Waals surface area contributed by atoms with Crippen molar-refractivity contribution in [1.82, 2.24) is 5.32 Å². The molecule has 0 radical (unpaired) electrons. The van der Waals surface area contributed by atoms with Gasteiger partial charge in [-0.25, -0.2) is 0 Å². The summed E-state index contributed by atoms with van der Waals surface area (Å²) >= 11 is 0. The highest BCUT2D eigenvalue weighted by molar-refractivity contribution is 5.70. The molecule has 1 fully saturated rings. The third-order valence-electron chi connectivity index (χ3n) is 2.56. The van der Waals surface area contributed by atoms with Crippen molar-refractivity contribution in [1.29, 1.82) is 0 Å². The molecule has 14 heavy (non-hydrogen) atoms. The SMILES string of the molecule is O=C(O)Cc1ccc(C2CCN2)cc1. The fourth-order valence-corrected chi connectivity index (χ4v) is 1.62. The van der Waals surface area contributed by atoms with Crippen LogP contribution in [0.25, 0.3) is 0 Å². The summed E-state index contributed by atoms with van der Waals surface area (Å²) in [7, 11) is 0. The lowest BCUT2D eigenvalue weighted by Gasteiger charge is -2.28. The molecule has 0 bridgehead atoms. The maximum absolute atomic E-state index is 10.4. The molecule has 0 saturated carbocycles. The summed E-state index contributed by atoms with van der Waals surface area (Å²) in [6.45, 7) is 1.08. The first kappa shape index (κ1) is 9.21. The Morgan fingerprint density at radius 1 is 1.43 bits per heavy atom. The summed E-state index contributed by atoms with van der Waals surface area (Å²) in [5, 5.41) is 11.9. The average molecular weight is 191 g/mol. The number of carboxylic acid groups (broad SMARTS) is 1. The summed E-state index contributed by atoms with van der Waals surface area (Å²) in [6.07, 6.45) is 1.29. The van der Waals surface area contributed by atoms with E-state index in [0.717, 1.165) is 12.1 Å². The number of carbonyl (C=O) groups is 1. The normalized spacial score (nSPS) is 20.1. The smallest absolute Gasteiger partial charge is 0.307 e. The molecule has 0 aromatic heterocycles. The van der Waals surface area contributed by atoms with E-state index in [1.54, 1.807) is 0 Å². The zero-order chi connectivity index (χ0) is 9.97. The van der Waals surface area contributed by atoms with E-state index in [1.165, 1.54) is 12.0 Å². The van der Waals surface area contributed by atoms with Gasteiger partial charge >= 0.3 is 5.97 Å². The van der Waals surface area contributed by atoms with E-state index in [1.807, 2.05) is 24.3 Å². The van der Waals surface area contributed by atoms with Crippen molar-refractivity contribution < 1.29 is 9.90 Å². The van der Waals surface area contributed by atoms with Gasteiger partial charge in [0, 0.05) is 6.04 Å². The Hall–Kier alpha value is -1.35. The zero-order valence-corrected chi connectivity index (χ0v) is 7.86. The lowest BCUT2D eigenvalue weighted by molar-refractivity contribution is -0.136. The molecule has 1 atom stereocenters. The van der Waals surface area contributed by atoms with Gasteiger partial charge in [0.25, 0.3) is 0 Å². The molecule has 0 amide bonds. The maximum Gasteiger partial charge on any atom is 0.307 e. The van der Waals surface area contributed by atoms with Crippen LogP contribution in [0.5, 0.6) is 0 Å². The summed E-state index contributed by atoms with van der Waals surface area (Å²) < 4.78 is 0. The minimum absolute atomic E-state index is 0.109. The molecule has 3 heteroatoms. The minimum Gasteiger partial charge on any atom is -0.481 e. The van der Waals surface area contributed by atoms with Crippen LogP contribution in [-0.2, 0) is 11.2 Å². The van der Waals surface area contributed by atoms with E-state index in [2.05, 4.69) is 5.32 Å². The molecule has 2 N–H and O–H groups in total. The lowest BCUT2D eigenvalue weighted by Crippen LogP contribution is -2.34. The van der Waals surface area contributed by atoms with Gasteiger partial charge in [-0.3, -0.25) is 4.79 Å². The highest BCUT2D eigenvalue weighted by Gasteiger charge is 2.17. The van der Waals surface area contributed by atoms with E-state index in [4.69, 9.17) is 5.11 Å². The van der Waals surface area contributed by atoms with Gasteiger partial charge in [-0.2, -0.15) is 0 Å². The first-order valence-corrected chi connectivity index (χ1v) is 4.80. The highest BCUT2D eigenvalue weighted by atomic mass is 16.4. The molecule has 1 aliphatic rings.